The van der Waals surface area contributed by atoms with E-state index in [0.717, 1.165) is 31.5 Å². The molecule has 1 heterocycles. The van der Waals surface area contributed by atoms with Gasteiger partial charge in [0.1, 0.15) is 11.9 Å². The Morgan fingerprint density at radius 3 is 2.68 bits per heavy atom. The van der Waals surface area contributed by atoms with Crippen molar-refractivity contribution in [1.29, 1.82) is 0 Å². The van der Waals surface area contributed by atoms with Crippen LogP contribution in [0.5, 0.6) is 0 Å². The number of aliphatic carboxylic acids is 1. The van der Waals surface area contributed by atoms with Gasteiger partial charge in [-0.25, -0.2) is 4.39 Å². The lowest BCUT2D eigenvalue weighted by molar-refractivity contribution is -0.144. The molecule has 1 unspecified atom stereocenters. The highest BCUT2D eigenvalue weighted by Gasteiger charge is 2.26. The third-order valence-corrected chi connectivity index (χ3v) is 3.71. The standard InChI is InChI=1S/C15H20FNO2/c16-13-6-4-5-12(11-13)7-8-14(15(18)19)17-9-2-1-3-10-17/h4-6,11,14H,1-3,7-10H2,(H,18,19). The van der Waals surface area contributed by atoms with Crippen LogP contribution in [0.4, 0.5) is 4.39 Å². The van der Waals surface area contributed by atoms with E-state index in [1.807, 2.05) is 11.0 Å². The molecule has 0 radical (unpaired) electrons. The summed E-state index contributed by atoms with van der Waals surface area (Å²) in [6.45, 7) is 1.72. The summed E-state index contributed by atoms with van der Waals surface area (Å²) in [6, 6.07) is 5.96. The monoisotopic (exact) mass is 265 g/mol. The van der Waals surface area contributed by atoms with Crippen molar-refractivity contribution in [3.8, 4) is 0 Å². The average molecular weight is 265 g/mol. The van der Waals surface area contributed by atoms with Gasteiger partial charge < -0.3 is 5.11 Å². The molecule has 0 amide bonds. The highest BCUT2D eigenvalue weighted by molar-refractivity contribution is 5.73. The number of hydrogen-bond acceptors (Lipinski definition) is 2. The van der Waals surface area contributed by atoms with Crippen LogP contribution in [0.25, 0.3) is 0 Å². The largest absolute Gasteiger partial charge is 0.480 e. The van der Waals surface area contributed by atoms with Crippen LogP contribution in [0.3, 0.4) is 0 Å². The number of benzene rings is 1. The van der Waals surface area contributed by atoms with Crippen molar-refractivity contribution in [3.05, 3.63) is 35.6 Å². The zero-order valence-corrected chi connectivity index (χ0v) is 11.0. The molecule has 3 nitrogen and oxygen atoms in total. The van der Waals surface area contributed by atoms with Gasteiger partial charge in [-0.15, -0.1) is 0 Å². The Bertz CT molecular complexity index is 430. The molecule has 1 fully saturated rings. The summed E-state index contributed by atoms with van der Waals surface area (Å²) >= 11 is 0. The maximum Gasteiger partial charge on any atom is 0.320 e. The number of carboxylic acid groups (broad SMARTS) is 1. The second-order valence-corrected chi connectivity index (χ2v) is 5.12. The molecule has 4 heteroatoms. The van der Waals surface area contributed by atoms with E-state index in [9.17, 15) is 14.3 Å². The number of likely N-dealkylation sites (tertiary alicyclic amines) is 1. The second-order valence-electron chi connectivity index (χ2n) is 5.12. The molecule has 0 bridgehead atoms. The van der Waals surface area contributed by atoms with Gasteiger partial charge in [0.2, 0.25) is 0 Å². The molecule has 1 N–H and O–H groups in total. The van der Waals surface area contributed by atoms with Gasteiger partial charge in [0, 0.05) is 0 Å². The van der Waals surface area contributed by atoms with E-state index in [-0.39, 0.29) is 5.82 Å². The van der Waals surface area contributed by atoms with Crippen LogP contribution >= 0.6 is 0 Å². The fourth-order valence-corrected chi connectivity index (χ4v) is 2.69. The highest BCUT2D eigenvalue weighted by Crippen LogP contribution is 2.17. The molecule has 19 heavy (non-hydrogen) atoms. The van der Waals surface area contributed by atoms with Crippen molar-refractivity contribution < 1.29 is 14.3 Å². The Morgan fingerprint density at radius 1 is 1.32 bits per heavy atom. The van der Waals surface area contributed by atoms with E-state index >= 15 is 0 Å². The predicted octanol–water partition coefficient (Wildman–Crippen LogP) is 2.70. The number of nitrogens with zero attached hydrogens (tertiary/aromatic N) is 1. The maximum absolute atomic E-state index is 13.1. The van der Waals surface area contributed by atoms with Crippen LogP contribution in [0, 0.1) is 5.82 Å². The van der Waals surface area contributed by atoms with Crippen LogP contribution in [0.1, 0.15) is 31.2 Å². The highest BCUT2D eigenvalue weighted by atomic mass is 19.1. The van der Waals surface area contributed by atoms with Gasteiger partial charge in [-0.2, -0.15) is 0 Å². The van der Waals surface area contributed by atoms with Gasteiger partial charge in [-0.3, -0.25) is 9.69 Å². The van der Waals surface area contributed by atoms with Crippen molar-refractivity contribution in [1.82, 2.24) is 4.90 Å². The topological polar surface area (TPSA) is 40.5 Å². The number of carbonyl (C=O) groups is 1. The first kappa shape index (κ1) is 14.0. The molecular weight excluding hydrogens is 245 g/mol. The van der Waals surface area contributed by atoms with Crippen LogP contribution in [0.15, 0.2) is 24.3 Å². The second kappa shape index (κ2) is 6.66. The van der Waals surface area contributed by atoms with E-state index in [2.05, 4.69) is 0 Å². The Hall–Kier alpha value is -1.42. The van der Waals surface area contributed by atoms with Crippen LogP contribution < -0.4 is 0 Å². The molecule has 0 aliphatic carbocycles. The van der Waals surface area contributed by atoms with Gasteiger partial charge in [-0.05, 0) is 56.5 Å². The minimum Gasteiger partial charge on any atom is -0.480 e. The SMILES string of the molecule is O=C(O)C(CCc1cccc(F)c1)N1CCCCC1. The zero-order chi connectivity index (χ0) is 13.7. The van der Waals surface area contributed by atoms with E-state index in [4.69, 9.17) is 0 Å². The number of aryl methyl sites for hydroxylation is 1. The third kappa shape index (κ3) is 4.03. The van der Waals surface area contributed by atoms with Crippen LogP contribution in [-0.4, -0.2) is 35.1 Å². The molecule has 0 aromatic heterocycles. The normalized spacial score (nSPS) is 18.2. The van der Waals surface area contributed by atoms with Gasteiger partial charge in [0.15, 0.2) is 0 Å². The van der Waals surface area contributed by atoms with Crippen molar-refractivity contribution in [2.24, 2.45) is 0 Å². The number of halogens is 1. The zero-order valence-electron chi connectivity index (χ0n) is 11.0. The molecule has 104 valence electrons. The smallest absolute Gasteiger partial charge is 0.320 e. The Morgan fingerprint density at radius 2 is 2.05 bits per heavy atom. The Kier molecular flexibility index (Phi) is 4.91. The Balaban J connectivity index is 1.95. The van der Waals surface area contributed by atoms with Gasteiger partial charge in [0.05, 0.1) is 0 Å². The summed E-state index contributed by atoms with van der Waals surface area (Å²) in [4.78, 5) is 13.4. The van der Waals surface area contributed by atoms with Crippen molar-refractivity contribution >= 4 is 5.97 Å². The first-order valence-corrected chi connectivity index (χ1v) is 6.88. The molecule has 1 aliphatic rings. The van der Waals surface area contributed by atoms with E-state index in [1.54, 1.807) is 6.07 Å². The minimum atomic E-state index is -0.765. The lowest BCUT2D eigenvalue weighted by atomic mass is 10.0. The molecule has 0 spiro atoms. The maximum atomic E-state index is 13.1. The van der Waals surface area contributed by atoms with Crippen molar-refractivity contribution in [2.75, 3.05) is 13.1 Å². The predicted molar refractivity (Wildman–Crippen MR) is 71.6 cm³/mol. The quantitative estimate of drug-likeness (QED) is 0.890. The fraction of sp³-hybridized carbons (Fsp3) is 0.533. The molecule has 1 aromatic rings. The van der Waals surface area contributed by atoms with Gasteiger partial charge in [0.25, 0.3) is 0 Å². The summed E-state index contributed by atoms with van der Waals surface area (Å²) in [5.41, 5.74) is 0.864. The van der Waals surface area contributed by atoms with Crippen molar-refractivity contribution in [3.63, 3.8) is 0 Å². The molecule has 1 atom stereocenters. The summed E-state index contributed by atoms with van der Waals surface area (Å²) in [5.74, 6) is -1.03. The van der Waals surface area contributed by atoms with E-state index in [1.165, 1.54) is 18.6 Å². The first-order chi connectivity index (χ1) is 9.16. The first-order valence-electron chi connectivity index (χ1n) is 6.88. The fourth-order valence-electron chi connectivity index (χ4n) is 2.69. The van der Waals surface area contributed by atoms with Crippen LogP contribution in [-0.2, 0) is 11.2 Å². The molecule has 2 rings (SSSR count). The number of piperidine rings is 1. The Labute approximate surface area is 113 Å². The minimum absolute atomic E-state index is 0.262. The summed E-state index contributed by atoms with van der Waals surface area (Å²) in [5, 5.41) is 9.34. The summed E-state index contributed by atoms with van der Waals surface area (Å²) in [7, 11) is 0. The number of carboxylic acids is 1. The molecule has 1 saturated heterocycles. The number of hydrogen-bond donors (Lipinski definition) is 1. The number of rotatable bonds is 5. The molecule has 1 aromatic carbocycles. The lowest BCUT2D eigenvalue weighted by Crippen LogP contribution is -2.44. The molecular formula is C15H20FNO2. The van der Waals surface area contributed by atoms with E-state index < -0.39 is 12.0 Å². The summed E-state index contributed by atoms with van der Waals surface area (Å²) < 4.78 is 13.1. The lowest BCUT2D eigenvalue weighted by Gasteiger charge is -2.32. The average Bonchev–Trinajstić information content (AvgIpc) is 2.40. The van der Waals surface area contributed by atoms with Crippen LogP contribution in [0.2, 0.25) is 0 Å². The van der Waals surface area contributed by atoms with E-state index in [0.29, 0.717) is 12.8 Å². The summed E-state index contributed by atoms with van der Waals surface area (Å²) in [6.07, 6.45) is 4.48. The molecule has 0 saturated carbocycles. The third-order valence-electron chi connectivity index (χ3n) is 3.71. The van der Waals surface area contributed by atoms with Gasteiger partial charge >= 0.3 is 5.97 Å². The van der Waals surface area contributed by atoms with Crippen molar-refractivity contribution in [2.45, 2.75) is 38.1 Å². The van der Waals surface area contributed by atoms with Gasteiger partial charge in [-0.1, -0.05) is 18.6 Å². The molecule has 1 aliphatic heterocycles.